The molecule has 1 aromatic heterocycles. The Morgan fingerprint density at radius 1 is 1.37 bits per heavy atom. The third-order valence-electron chi connectivity index (χ3n) is 4.94. The lowest BCUT2D eigenvalue weighted by Gasteiger charge is -2.10. The van der Waals surface area contributed by atoms with Gasteiger partial charge >= 0.3 is 0 Å². The smallest absolute Gasteiger partial charge is 0.262 e. The van der Waals surface area contributed by atoms with Crippen molar-refractivity contribution in [3.05, 3.63) is 41.6 Å². The van der Waals surface area contributed by atoms with Crippen LogP contribution in [0, 0.1) is 11.3 Å². The first kappa shape index (κ1) is 21.6. The Bertz CT molecular complexity index is 967. The molecule has 0 unspecified atom stereocenters. The Labute approximate surface area is 175 Å². The molecule has 2 aromatic rings. The van der Waals surface area contributed by atoms with Crippen LogP contribution < -0.4 is 10.6 Å². The number of para-hydroxylation sites is 1. The van der Waals surface area contributed by atoms with Crippen molar-refractivity contribution >= 4 is 28.8 Å². The van der Waals surface area contributed by atoms with E-state index < -0.39 is 5.91 Å². The van der Waals surface area contributed by atoms with Gasteiger partial charge < -0.3 is 24.7 Å². The molecule has 0 aliphatic carbocycles. The highest BCUT2D eigenvalue weighted by molar-refractivity contribution is 6.04. The minimum absolute atomic E-state index is 0.00688. The molecule has 8 heteroatoms. The van der Waals surface area contributed by atoms with Crippen molar-refractivity contribution in [2.75, 3.05) is 33.4 Å². The van der Waals surface area contributed by atoms with E-state index in [0.29, 0.717) is 31.9 Å². The van der Waals surface area contributed by atoms with E-state index in [1.807, 2.05) is 34.9 Å². The molecule has 3 rings (SSSR count). The van der Waals surface area contributed by atoms with E-state index in [1.54, 1.807) is 19.4 Å². The van der Waals surface area contributed by atoms with E-state index in [-0.39, 0.29) is 24.1 Å². The minimum Gasteiger partial charge on any atom is -0.383 e. The molecule has 30 heavy (non-hydrogen) atoms. The highest BCUT2D eigenvalue weighted by atomic mass is 16.5. The van der Waals surface area contributed by atoms with Crippen LogP contribution in [0.2, 0.25) is 0 Å². The Hall–Kier alpha value is -3.15. The summed E-state index contributed by atoms with van der Waals surface area (Å²) in [5.41, 5.74) is 1.57. The molecular formula is C22H26N4O4. The maximum Gasteiger partial charge on any atom is 0.262 e. The topological polar surface area (TPSA) is 105 Å². The summed E-state index contributed by atoms with van der Waals surface area (Å²) in [6, 6.07) is 9.55. The molecule has 1 saturated heterocycles. The monoisotopic (exact) mass is 410 g/mol. The average molecular weight is 410 g/mol. The normalized spacial score (nSPS) is 16.4. The van der Waals surface area contributed by atoms with Gasteiger partial charge in [-0.25, -0.2) is 0 Å². The number of hydrogen-bond acceptors (Lipinski definition) is 5. The van der Waals surface area contributed by atoms with Gasteiger partial charge in [0.2, 0.25) is 5.91 Å². The molecule has 1 aromatic carbocycles. The summed E-state index contributed by atoms with van der Waals surface area (Å²) in [6.45, 7) is 2.11. The zero-order valence-corrected chi connectivity index (χ0v) is 17.0. The fourth-order valence-corrected chi connectivity index (χ4v) is 3.44. The molecule has 1 fully saturated rings. The number of methoxy groups -OCH3 is 1. The van der Waals surface area contributed by atoms with E-state index in [0.717, 1.165) is 23.7 Å². The summed E-state index contributed by atoms with van der Waals surface area (Å²) in [5, 5.41) is 15.9. The Kier molecular flexibility index (Phi) is 7.60. The number of aromatic nitrogens is 1. The van der Waals surface area contributed by atoms with E-state index in [9.17, 15) is 14.9 Å². The lowest BCUT2D eigenvalue weighted by molar-refractivity contribution is -0.121. The van der Waals surface area contributed by atoms with Gasteiger partial charge in [-0.15, -0.1) is 0 Å². The van der Waals surface area contributed by atoms with Crippen molar-refractivity contribution in [1.29, 1.82) is 5.26 Å². The van der Waals surface area contributed by atoms with Gasteiger partial charge in [-0.3, -0.25) is 9.59 Å². The number of ether oxygens (including phenoxy) is 2. The molecule has 2 amide bonds. The van der Waals surface area contributed by atoms with Crippen molar-refractivity contribution < 1.29 is 19.1 Å². The fourth-order valence-electron chi connectivity index (χ4n) is 3.44. The van der Waals surface area contributed by atoms with Gasteiger partial charge in [0.25, 0.3) is 5.91 Å². The number of carbonyl (C=O) groups is 2. The average Bonchev–Trinajstić information content (AvgIpc) is 3.39. The van der Waals surface area contributed by atoms with Gasteiger partial charge in [-0.05, 0) is 25.0 Å². The first-order chi connectivity index (χ1) is 14.6. The van der Waals surface area contributed by atoms with Crippen LogP contribution >= 0.6 is 0 Å². The number of benzene rings is 1. The molecule has 158 valence electrons. The van der Waals surface area contributed by atoms with Gasteiger partial charge in [-0.1, -0.05) is 18.2 Å². The van der Waals surface area contributed by atoms with Crippen LogP contribution in [0.3, 0.4) is 0 Å². The van der Waals surface area contributed by atoms with Crippen molar-refractivity contribution in [3.8, 4) is 6.07 Å². The maximum atomic E-state index is 12.5. The summed E-state index contributed by atoms with van der Waals surface area (Å²) in [7, 11) is 1.58. The third-order valence-corrected chi connectivity index (χ3v) is 4.94. The first-order valence-corrected chi connectivity index (χ1v) is 9.97. The zero-order valence-electron chi connectivity index (χ0n) is 17.0. The van der Waals surface area contributed by atoms with Crippen molar-refractivity contribution in [3.63, 3.8) is 0 Å². The summed E-state index contributed by atoms with van der Waals surface area (Å²) in [5.74, 6) is -0.569. The molecule has 0 bridgehead atoms. The molecule has 2 heterocycles. The van der Waals surface area contributed by atoms with Crippen LogP contribution in [0.15, 0.2) is 36.0 Å². The largest absolute Gasteiger partial charge is 0.383 e. The molecule has 8 nitrogen and oxygen atoms in total. The van der Waals surface area contributed by atoms with Crippen LogP contribution in [0.25, 0.3) is 17.0 Å². The second-order valence-electron chi connectivity index (χ2n) is 7.09. The highest BCUT2D eigenvalue weighted by Gasteiger charge is 2.18. The molecule has 2 N–H and O–H groups in total. The molecule has 1 aliphatic rings. The number of nitrogens with zero attached hydrogens (tertiary/aromatic N) is 2. The number of carbonyl (C=O) groups excluding carboxylic acids is 2. The van der Waals surface area contributed by atoms with E-state index in [1.165, 1.54) is 0 Å². The lowest BCUT2D eigenvalue weighted by atomic mass is 10.1. The summed E-state index contributed by atoms with van der Waals surface area (Å²) in [4.78, 5) is 24.7. The standard InChI is InChI=1S/C22H26N4O4/c1-29-10-8-24-21(27)15-26-14-17(19-6-2-3-7-20(19)26)11-16(12-23)22(28)25-13-18-5-4-9-30-18/h2-3,6-7,11,14,18H,4-5,8-10,13,15H2,1H3,(H,24,27)(H,25,28)/b16-11+/t18-/m0/s1. The molecule has 0 spiro atoms. The van der Waals surface area contributed by atoms with Crippen LogP contribution in [-0.4, -0.2) is 55.9 Å². The molecule has 0 saturated carbocycles. The summed E-state index contributed by atoms with van der Waals surface area (Å²) >= 11 is 0. The van der Waals surface area contributed by atoms with Gasteiger partial charge in [-0.2, -0.15) is 5.26 Å². The van der Waals surface area contributed by atoms with Gasteiger partial charge in [0, 0.05) is 49.5 Å². The predicted octanol–water partition coefficient (Wildman–Crippen LogP) is 1.61. The van der Waals surface area contributed by atoms with Gasteiger partial charge in [0.1, 0.15) is 18.2 Å². The second kappa shape index (κ2) is 10.6. The first-order valence-electron chi connectivity index (χ1n) is 9.97. The maximum absolute atomic E-state index is 12.5. The van der Waals surface area contributed by atoms with Crippen molar-refractivity contribution in [2.24, 2.45) is 0 Å². The molecule has 1 aliphatic heterocycles. The predicted molar refractivity (Wildman–Crippen MR) is 112 cm³/mol. The van der Waals surface area contributed by atoms with E-state index in [2.05, 4.69) is 10.6 Å². The van der Waals surface area contributed by atoms with Crippen molar-refractivity contribution in [1.82, 2.24) is 15.2 Å². The van der Waals surface area contributed by atoms with E-state index in [4.69, 9.17) is 9.47 Å². The Balaban J connectivity index is 1.77. The highest BCUT2D eigenvalue weighted by Crippen LogP contribution is 2.23. The van der Waals surface area contributed by atoms with E-state index >= 15 is 0 Å². The van der Waals surface area contributed by atoms with Crippen LogP contribution in [0.4, 0.5) is 0 Å². The number of rotatable bonds is 9. The Morgan fingerprint density at radius 2 is 2.20 bits per heavy atom. The van der Waals surface area contributed by atoms with Gasteiger partial charge in [0.05, 0.1) is 12.7 Å². The quantitative estimate of drug-likeness (QED) is 0.371. The number of fused-ring (bicyclic) bond motifs is 1. The SMILES string of the molecule is COCCNC(=O)Cn1cc(/C=C(\C#N)C(=O)NC[C@@H]2CCCO2)c2ccccc21. The van der Waals surface area contributed by atoms with Crippen molar-refractivity contribution in [2.45, 2.75) is 25.5 Å². The van der Waals surface area contributed by atoms with Crippen LogP contribution in [0.5, 0.6) is 0 Å². The van der Waals surface area contributed by atoms with Gasteiger partial charge in [0.15, 0.2) is 0 Å². The summed E-state index contributed by atoms with van der Waals surface area (Å²) < 4.78 is 12.3. The molecular weight excluding hydrogens is 384 g/mol. The molecule has 0 radical (unpaired) electrons. The van der Waals surface area contributed by atoms with Crippen LogP contribution in [-0.2, 0) is 25.6 Å². The lowest BCUT2D eigenvalue weighted by Crippen LogP contribution is -2.32. The second-order valence-corrected chi connectivity index (χ2v) is 7.09. The van der Waals surface area contributed by atoms with Crippen LogP contribution in [0.1, 0.15) is 18.4 Å². The minimum atomic E-state index is -0.429. The summed E-state index contributed by atoms with van der Waals surface area (Å²) in [6.07, 6.45) is 5.25. The number of amides is 2. The third kappa shape index (κ3) is 5.47. The number of nitrogens with one attached hydrogen (secondary N) is 2. The molecule has 1 atom stereocenters. The zero-order chi connectivity index (χ0) is 21.3. The fraction of sp³-hybridized carbons (Fsp3) is 0.409. The number of nitriles is 1. The number of hydrogen-bond donors (Lipinski definition) is 2. The Morgan fingerprint density at radius 3 is 2.93 bits per heavy atom.